The molecule has 318 valence electrons. The van der Waals surface area contributed by atoms with Crippen LogP contribution in [0.4, 0.5) is 0 Å². The molecule has 3 heterocycles. The molecule has 0 aromatic rings. The zero-order valence-corrected chi connectivity index (χ0v) is 36.1. The van der Waals surface area contributed by atoms with Gasteiger partial charge in [0.15, 0.2) is 6.10 Å². The first-order valence-corrected chi connectivity index (χ1v) is 24.5. The molecule has 54 heavy (non-hydrogen) atoms. The lowest BCUT2D eigenvalue weighted by atomic mass is 9.86. The van der Waals surface area contributed by atoms with Crippen LogP contribution in [-0.4, -0.2) is 68.5 Å². The van der Waals surface area contributed by atoms with Crippen LogP contribution < -0.4 is 4.89 Å². The number of phosphoric acid groups is 1. The molecular weight excluding hydrogens is 701 g/mol. The Balaban J connectivity index is 1.64. The third-order valence-corrected chi connectivity index (χ3v) is 12.9. The van der Waals surface area contributed by atoms with Gasteiger partial charge in [0.05, 0.1) is 26.2 Å². The third-order valence-electron chi connectivity index (χ3n) is 12.0. The maximum atomic E-state index is 12.8. The van der Waals surface area contributed by atoms with Crippen LogP contribution in [0.1, 0.15) is 213 Å². The van der Waals surface area contributed by atoms with Crippen molar-refractivity contribution < 1.29 is 42.1 Å². The first kappa shape index (κ1) is 49.2. The summed E-state index contributed by atoms with van der Waals surface area (Å²) in [6.07, 6.45) is 35.0. The molecule has 2 unspecified atom stereocenters. The Kier molecular flexibility index (Phi) is 29.1. The van der Waals surface area contributed by atoms with Crippen molar-refractivity contribution in [1.82, 2.24) is 0 Å². The molecular formula is C44H84NO8P. The number of fused-ring (bicyclic) bond motifs is 3. The Hall–Kier alpha value is -0.990. The SMILES string of the molecule is CCCCCCCCCCCCCCCC(=O)OCC(COP(=O)([O-])OCC[N+]12CCC(CC1)CC2)OC(=O)CCCCCCCCCCCCCCC. The van der Waals surface area contributed by atoms with Crippen LogP contribution in [0.3, 0.4) is 0 Å². The van der Waals surface area contributed by atoms with Gasteiger partial charge in [-0.2, -0.15) is 0 Å². The number of piperidine rings is 3. The van der Waals surface area contributed by atoms with Gasteiger partial charge < -0.3 is 27.9 Å². The largest absolute Gasteiger partial charge is 0.756 e. The molecule has 3 aliphatic heterocycles. The second-order valence-corrected chi connectivity index (χ2v) is 18.2. The summed E-state index contributed by atoms with van der Waals surface area (Å²) in [6.45, 7) is 7.81. The highest BCUT2D eigenvalue weighted by Gasteiger charge is 2.39. The highest BCUT2D eigenvalue weighted by molar-refractivity contribution is 7.45. The molecule has 0 amide bonds. The minimum atomic E-state index is -4.62. The molecule has 3 fully saturated rings. The third kappa shape index (κ3) is 26.0. The molecule has 2 bridgehead atoms. The van der Waals surface area contributed by atoms with Crippen molar-refractivity contribution in [2.24, 2.45) is 5.92 Å². The van der Waals surface area contributed by atoms with Gasteiger partial charge in [-0.1, -0.05) is 168 Å². The summed E-state index contributed by atoms with van der Waals surface area (Å²) in [4.78, 5) is 38.0. The number of esters is 2. The first-order valence-electron chi connectivity index (χ1n) is 23.1. The van der Waals surface area contributed by atoms with E-state index in [9.17, 15) is 19.0 Å². The number of rotatable bonds is 38. The second-order valence-electron chi connectivity index (χ2n) is 16.8. The number of nitrogens with zero attached hydrogens (tertiary/aromatic N) is 1. The van der Waals surface area contributed by atoms with Gasteiger partial charge in [-0.15, -0.1) is 0 Å². The number of carbonyl (C=O) groups is 2. The van der Waals surface area contributed by atoms with Crippen molar-refractivity contribution in [2.75, 3.05) is 46.0 Å². The molecule has 0 N–H and O–H groups in total. The minimum absolute atomic E-state index is 0.0725. The van der Waals surface area contributed by atoms with Crippen molar-refractivity contribution in [3.8, 4) is 0 Å². The average molecular weight is 786 g/mol. The molecule has 10 heteroatoms. The van der Waals surface area contributed by atoms with E-state index in [2.05, 4.69) is 13.8 Å². The minimum Gasteiger partial charge on any atom is -0.756 e. The Morgan fingerprint density at radius 3 is 1.39 bits per heavy atom. The van der Waals surface area contributed by atoms with Gasteiger partial charge in [-0.25, -0.2) is 0 Å². The normalized spacial score (nSPS) is 19.8. The van der Waals surface area contributed by atoms with Crippen molar-refractivity contribution in [1.29, 1.82) is 0 Å². The number of unbranched alkanes of at least 4 members (excludes halogenated alkanes) is 24. The zero-order valence-electron chi connectivity index (χ0n) is 35.2. The molecule has 3 aliphatic rings. The van der Waals surface area contributed by atoms with E-state index in [-0.39, 0.29) is 25.6 Å². The summed E-state index contributed by atoms with van der Waals surface area (Å²) in [5.74, 6) is 0.0362. The van der Waals surface area contributed by atoms with Crippen molar-refractivity contribution in [2.45, 2.75) is 219 Å². The highest BCUT2D eigenvalue weighted by Crippen LogP contribution is 2.39. The molecule has 0 aromatic carbocycles. The molecule has 3 rings (SSSR count). The lowest BCUT2D eigenvalue weighted by molar-refractivity contribution is -0.942. The van der Waals surface area contributed by atoms with E-state index in [1.165, 1.54) is 148 Å². The summed E-state index contributed by atoms with van der Waals surface area (Å²) < 4.78 is 35.1. The molecule has 0 saturated carbocycles. The number of phosphoric ester groups is 1. The molecule has 0 spiro atoms. The second kappa shape index (κ2) is 32.0. The summed E-state index contributed by atoms with van der Waals surface area (Å²) in [6, 6.07) is 0. The predicted octanol–water partition coefficient (Wildman–Crippen LogP) is 11.5. The summed E-state index contributed by atoms with van der Waals surface area (Å²) in [5.41, 5.74) is 0. The highest BCUT2D eigenvalue weighted by atomic mass is 31.2. The van der Waals surface area contributed by atoms with E-state index in [4.69, 9.17) is 18.5 Å². The smallest absolute Gasteiger partial charge is 0.306 e. The van der Waals surface area contributed by atoms with Crippen LogP contribution in [-0.2, 0) is 32.7 Å². The van der Waals surface area contributed by atoms with Crippen LogP contribution in [0.2, 0.25) is 0 Å². The molecule has 3 saturated heterocycles. The Labute approximate surface area is 332 Å². The fourth-order valence-corrected chi connectivity index (χ4v) is 8.95. The lowest BCUT2D eigenvalue weighted by Gasteiger charge is -2.49. The van der Waals surface area contributed by atoms with E-state index < -0.39 is 26.5 Å². The summed E-state index contributed by atoms with van der Waals surface area (Å²) in [5, 5.41) is 0. The average Bonchev–Trinajstić information content (AvgIpc) is 3.17. The maximum Gasteiger partial charge on any atom is 0.306 e. The summed E-state index contributed by atoms with van der Waals surface area (Å²) >= 11 is 0. The van der Waals surface area contributed by atoms with Crippen LogP contribution in [0, 0.1) is 5.92 Å². The van der Waals surface area contributed by atoms with Crippen LogP contribution in [0.25, 0.3) is 0 Å². The fourth-order valence-electron chi connectivity index (χ4n) is 8.22. The molecule has 0 aliphatic carbocycles. The van der Waals surface area contributed by atoms with Crippen LogP contribution in [0.5, 0.6) is 0 Å². The van der Waals surface area contributed by atoms with E-state index in [1.807, 2.05) is 0 Å². The topological polar surface area (TPSA) is 111 Å². The number of hydrogen-bond acceptors (Lipinski definition) is 8. The lowest BCUT2D eigenvalue weighted by Crippen LogP contribution is -2.59. The van der Waals surface area contributed by atoms with Gasteiger partial charge in [0, 0.05) is 12.8 Å². The van der Waals surface area contributed by atoms with E-state index in [0.717, 1.165) is 62.1 Å². The zero-order chi connectivity index (χ0) is 39.0. The Bertz CT molecular complexity index is 958. The van der Waals surface area contributed by atoms with Crippen molar-refractivity contribution in [3.63, 3.8) is 0 Å². The van der Waals surface area contributed by atoms with E-state index in [1.54, 1.807) is 0 Å². The number of quaternary nitrogens is 1. The maximum absolute atomic E-state index is 12.8. The van der Waals surface area contributed by atoms with Gasteiger partial charge in [-0.3, -0.25) is 14.2 Å². The fraction of sp³-hybridized carbons (Fsp3) is 0.955. The van der Waals surface area contributed by atoms with Gasteiger partial charge in [-0.05, 0) is 38.0 Å². The Morgan fingerprint density at radius 1 is 0.574 bits per heavy atom. The molecule has 2 atom stereocenters. The molecule has 9 nitrogen and oxygen atoms in total. The monoisotopic (exact) mass is 786 g/mol. The Morgan fingerprint density at radius 2 is 0.963 bits per heavy atom. The van der Waals surface area contributed by atoms with Crippen molar-refractivity contribution in [3.05, 3.63) is 0 Å². The number of ether oxygens (including phenoxy) is 2. The van der Waals surface area contributed by atoms with Crippen LogP contribution >= 0.6 is 7.82 Å². The quantitative estimate of drug-likeness (QED) is 0.0263. The number of hydrogen-bond donors (Lipinski definition) is 0. The predicted molar refractivity (Wildman–Crippen MR) is 218 cm³/mol. The molecule has 0 radical (unpaired) electrons. The van der Waals surface area contributed by atoms with E-state index >= 15 is 0 Å². The van der Waals surface area contributed by atoms with Crippen molar-refractivity contribution >= 4 is 19.8 Å². The number of carbonyl (C=O) groups excluding carboxylic acids is 2. The standard InChI is InChI=1S/C44H84NO8P/c1-3-5-7-9-11-13-15-17-19-21-23-25-27-29-43(46)50-39-42(40-52-54(48,49)51-38-37-45-34-31-41(32-35-45)33-36-45)53-44(47)30-28-26-24-22-20-18-16-14-12-10-8-6-4-2/h41-42H,3-40H2,1-2H3. The molecule has 0 aromatic heterocycles. The van der Waals surface area contributed by atoms with Gasteiger partial charge in [0.25, 0.3) is 7.82 Å². The van der Waals surface area contributed by atoms with Gasteiger partial charge >= 0.3 is 11.9 Å². The van der Waals surface area contributed by atoms with Crippen LogP contribution in [0.15, 0.2) is 0 Å². The van der Waals surface area contributed by atoms with E-state index in [0.29, 0.717) is 19.4 Å². The van der Waals surface area contributed by atoms with Gasteiger partial charge in [0.2, 0.25) is 0 Å². The van der Waals surface area contributed by atoms with Gasteiger partial charge in [0.1, 0.15) is 19.8 Å². The first-order chi connectivity index (χ1) is 26.3. The summed E-state index contributed by atoms with van der Waals surface area (Å²) in [7, 11) is -4.62.